The Morgan fingerprint density at radius 2 is 2.00 bits per heavy atom. The van der Waals surface area contributed by atoms with E-state index in [9.17, 15) is 13.2 Å². The molecule has 1 fully saturated rings. The van der Waals surface area contributed by atoms with Gasteiger partial charge in [0.15, 0.2) is 9.84 Å². The summed E-state index contributed by atoms with van der Waals surface area (Å²) in [6.45, 7) is 4.13. The number of methoxy groups -OCH3 is 1. The van der Waals surface area contributed by atoms with E-state index >= 15 is 0 Å². The topological polar surface area (TPSA) is 60.4 Å². The quantitative estimate of drug-likeness (QED) is 0.797. The Balaban J connectivity index is 2.69. The van der Waals surface area contributed by atoms with E-state index in [0.29, 0.717) is 17.9 Å². The van der Waals surface area contributed by atoms with Crippen molar-refractivity contribution in [3.63, 3.8) is 0 Å². The fourth-order valence-electron chi connectivity index (χ4n) is 3.45. The van der Waals surface area contributed by atoms with Crippen molar-refractivity contribution in [1.29, 1.82) is 0 Å². The number of esters is 1. The van der Waals surface area contributed by atoms with Gasteiger partial charge in [0.25, 0.3) is 0 Å². The van der Waals surface area contributed by atoms with Crippen LogP contribution in [0.15, 0.2) is 17.0 Å². The van der Waals surface area contributed by atoms with Gasteiger partial charge in [-0.15, -0.1) is 0 Å². The van der Waals surface area contributed by atoms with Crippen LogP contribution in [-0.4, -0.2) is 27.8 Å². The number of rotatable bonds is 4. The molecule has 5 heteroatoms. The third kappa shape index (κ3) is 3.19. The molecule has 0 N–H and O–H groups in total. The zero-order chi connectivity index (χ0) is 16.5. The molecule has 0 radical (unpaired) electrons. The molecule has 2 rings (SSSR count). The SMILES string of the molecule is CCc1cc(C2CCCC2C)c(S(C)(=O)=O)cc1C(=O)OC. The Bertz CT molecular complexity index is 676. The second-order valence-electron chi connectivity index (χ2n) is 6.18. The zero-order valence-electron chi connectivity index (χ0n) is 13.7. The van der Waals surface area contributed by atoms with Gasteiger partial charge in [0.05, 0.1) is 17.6 Å². The van der Waals surface area contributed by atoms with Gasteiger partial charge in [-0.05, 0) is 41.9 Å². The Hall–Kier alpha value is -1.36. The normalized spacial score (nSPS) is 21.8. The average Bonchev–Trinajstić information content (AvgIpc) is 2.90. The molecule has 1 aliphatic carbocycles. The lowest BCUT2D eigenvalue weighted by molar-refractivity contribution is 0.0599. The first-order chi connectivity index (χ1) is 10.3. The van der Waals surface area contributed by atoms with Crippen LogP contribution in [0.5, 0.6) is 0 Å². The number of benzene rings is 1. The van der Waals surface area contributed by atoms with E-state index in [4.69, 9.17) is 4.74 Å². The molecule has 0 saturated heterocycles. The van der Waals surface area contributed by atoms with Crippen molar-refractivity contribution in [2.45, 2.75) is 50.3 Å². The molecule has 4 nitrogen and oxygen atoms in total. The van der Waals surface area contributed by atoms with Crippen molar-refractivity contribution in [1.82, 2.24) is 0 Å². The summed E-state index contributed by atoms with van der Waals surface area (Å²) in [6.07, 6.45) is 5.12. The largest absolute Gasteiger partial charge is 0.465 e. The van der Waals surface area contributed by atoms with Crippen molar-refractivity contribution in [3.8, 4) is 0 Å². The summed E-state index contributed by atoms with van der Waals surface area (Å²) in [5, 5.41) is 0. The fraction of sp³-hybridized carbons (Fsp3) is 0.588. The lowest BCUT2D eigenvalue weighted by atomic mass is 9.87. The minimum atomic E-state index is -3.39. The minimum absolute atomic E-state index is 0.252. The van der Waals surface area contributed by atoms with Crippen LogP contribution in [0, 0.1) is 5.92 Å². The number of sulfone groups is 1. The summed E-state index contributed by atoms with van der Waals surface area (Å²) in [5.74, 6) is 0.240. The molecule has 22 heavy (non-hydrogen) atoms. The lowest BCUT2D eigenvalue weighted by Crippen LogP contribution is -2.14. The van der Waals surface area contributed by atoms with Gasteiger partial charge < -0.3 is 4.74 Å². The molecule has 2 unspecified atom stereocenters. The van der Waals surface area contributed by atoms with Gasteiger partial charge in [-0.25, -0.2) is 13.2 Å². The predicted octanol–water partition coefficient (Wildman–Crippen LogP) is 3.34. The zero-order valence-corrected chi connectivity index (χ0v) is 14.5. The van der Waals surface area contributed by atoms with Crippen LogP contribution >= 0.6 is 0 Å². The first-order valence-corrected chi connectivity index (χ1v) is 9.63. The first kappa shape index (κ1) is 17.0. The molecule has 0 aromatic heterocycles. The van der Waals surface area contributed by atoms with Crippen molar-refractivity contribution in [2.75, 3.05) is 13.4 Å². The van der Waals surface area contributed by atoms with Crippen LogP contribution in [0.25, 0.3) is 0 Å². The molecular formula is C17H24O4S. The molecule has 1 aromatic carbocycles. The fourth-order valence-corrected chi connectivity index (χ4v) is 4.42. The van der Waals surface area contributed by atoms with Crippen LogP contribution in [0.2, 0.25) is 0 Å². The lowest BCUT2D eigenvalue weighted by Gasteiger charge is -2.21. The van der Waals surface area contributed by atoms with Gasteiger partial charge >= 0.3 is 5.97 Å². The molecule has 1 aromatic rings. The summed E-state index contributed by atoms with van der Waals surface area (Å²) in [7, 11) is -2.08. The molecule has 0 bridgehead atoms. The maximum absolute atomic E-state index is 12.2. The smallest absolute Gasteiger partial charge is 0.338 e. The van der Waals surface area contributed by atoms with Crippen LogP contribution < -0.4 is 0 Å². The van der Waals surface area contributed by atoms with Crippen LogP contribution in [0.1, 0.15) is 60.5 Å². The Labute approximate surface area is 132 Å². The van der Waals surface area contributed by atoms with E-state index in [2.05, 4.69) is 6.92 Å². The second-order valence-corrected chi connectivity index (χ2v) is 8.16. The van der Waals surface area contributed by atoms with Gasteiger partial charge in [-0.1, -0.05) is 32.8 Å². The van der Waals surface area contributed by atoms with Crippen LogP contribution in [-0.2, 0) is 21.0 Å². The van der Waals surface area contributed by atoms with Crippen LogP contribution in [0.4, 0.5) is 0 Å². The molecule has 122 valence electrons. The molecule has 2 atom stereocenters. The van der Waals surface area contributed by atoms with E-state index in [1.54, 1.807) is 0 Å². The Kier molecular flexibility index (Phi) is 4.95. The third-order valence-electron chi connectivity index (χ3n) is 4.68. The van der Waals surface area contributed by atoms with Crippen molar-refractivity contribution < 1.29 is 17.9 Å². The molecule has 0 heterocycles. The number of aryl methyl sites for hydroxylation is 1. The number of carbonyl (C=O) groups excluding carboxylic acids is 1. The molecule has 1 aliphatic rings. The molecular weight excluding hydrogens is 300 g/mol. The number of hydrogen-bond donors (Lipinski definition) is 0. The highest BCUT2D eigenvalue weighted by molar-refractivity contribution is 7.90. The van der Waals surface area contributed by atoms with Crippen molar-refractivity contribution >= 4 is 15.8 Å². The maximum Gasteiger partial charge on any atom is 0.338 e. The summed E-state index contributed by atoms with van der Waals surface area (Å²) < 4.78 is 29.3. The molecule has 1 saturated carbocycles. The Morgan fingerprint density at radius 3 is 2.45 bits per heavy atom. The highest BCUT2D eigenvalue weighted by atomic mass is 32.2. The average molecular weight is 324 g/mol. The minimum Gasteiger partial charge on any atom is -0.465 e. The van der Waals surface area contributed by atoms with E-state index in [0.717, 1.165) is 30.4 Å². The van der Waals surface area contributed by atoms with Crippen molar-refractivity contribution in [3.05, 3.63) is 28.8 Å². The van der Waals surface area contributed by atoms with Gasteiger partial charge in [0.1, 0.15) is 0 Å². The summed E-state index contributed by atoms with van der Waals surface area (Å²) >= 11 is 0. The summed E-state index contributed by atoms with van der Waals surface area (Å²) in [5.41, 5.74) is 2.09. The van der Waals surface area contributed by atoms with Gasteiger partial charge in [0, 0.05) is 6.26 Å². The molecule has 0 amide bonds. The highest BCUT2D eigenvalue weighted by Crippen LogP contribution is 2.42. The second kappa shape index (κ2) is 6.41. The number of ether oxygens (including phenoxy) is 1. The van der Waals surface area contributed by atoms with Crippen LogP contribution in [0.3, 0.4) is 0 Å². The van der Waals surface area contributed by atoms with Gasteiger partial charge in [-0.3, -0.25) is 0 Å². The van der Waals surface area contributed by atoms with Gasteiger partial charge in [0.2, 0.25) is 0 Å². The molecule has 0 aliphatic heterocycles. The first-order valence-electron chi connectivity index (χ1n) is 7.74. The summed E-state index contributed by atoms with van der Waals surface area (Å²) in [4.78, 5) is 12.2. The number of hydrogen-bond acceptors (Lipinski definition) is 4. The van der Waals surface area contributed by atoms with Gasteiger partial charge in [-0.2, -0.15) is 0 Å². The standard InChI is InChI=1S/C17H24O4S/c1-5-12-9-15(13-8-6-7-11(13)2)16(22(4,19)20)10-14(12)17(18)21-3/h9-11,13H,5-8H2,1-4H3. The van der Waals surface area contributed by atoms with E-state index in [-0.39, 0.29) is 10.8 Å². The summed E-state index contributed by atoms with van der Waals surface area (Å²) in [6, 6.07) is 3.43. The molecule has 0 spiro atoms. The monoisotopic (exact) mass is 324 g/mol. The highest BCUT2D eigenvalue weighted by Gasteiger charge is 2.30. The van der Waals surface area contributed by atoms with Crippen molar-refractivity contribution in [2.24, 2.45) is 5.92 Å². The van der Waals surface area contributed by atoms with E-state index < -0.39 is 15.8 Å². The maximum atomic E-state index is 12.2. The number of carbonyl (C=O) groups is 1. The van der Waals surface area contributed by atoms with E-state index in [1.807, 2.05) is 13.0 Å². The van der Waals surface area contributed by atoms with E-state index in [1.165, 1.54) is 19.4 Å². The predicted molar refractivity (Wildman–Crippen MR) is 86.0 cm³/mol. The Morgan fingerprint density at radius 1 is 1.32 bits per heavy atom. The third-order valence-corrected chi connectivity index (χ3v) is 5.83.